The van der Waals surface area contributed by atoms with Crippen molar-refractivity contribution in [2.75, 3.05) is 13.2 Å². The standard InChI is InChI=1S/C16H21F2NO3/c1-10-7-12(5-6-21-10)9-19-16(20)11(2)22-13-3-4-14(17)15(18)8-13/h3-4,8,10-12H,5-7,9H2,1-2H3,(H,19,20)/t10-,11-,12+/m1/s1. The van der Waals surface area contributed by atoms with Crippen LogP contribution in [0.3, 0.4) is 0 Å². The highest BCUT2D eigenvalue weighted by atomic mass is 19.2. The summed E-state index contributed by atoms with van der Waals surface area (Å²) in [5, 5.41) is 2.83. The van der Waals surface area contributed by atoms with Crippen LogP contribution in [0, 0.1) is 17.6 Å². The van der Waals surface area contributed by atoms with Crippen LogP contribution in [-0.4, -0.2) is 31.3 Å². The highest BCUT2D eigenvalue weighted by Gasteiger charge is 2.21. The van der Waals surface area contributed by atoms with Crippen molar-refractivity contribution in [1.29, 1.82) is 0 Å². The zero-order valence-corrected chi connectivity index (χ0v) is 12.8. The van der Waals surface area contributed by atoms with Crippen molar-refractivity contribution in [3.05, 3.63) is 29.8 Å². The number of nitrogens with one attached hydrogen (secondary N) is 1. The quantitative estimate of drug-likeness (QED) is 0.909. The van der Waals surface area contributed by atoms with Crippen LogP contribution in [0.25, 0.3) is 0 Å². The van der Waals surface area contributed by atoms with E-state index in [4.69, 9.17) is 9.47 Å². The zero-order chi connectivity index (χ0) is 16.1. The van der Waals surface area contributed by atoms with E-state index < -0.39 is 17.7 Å². The van der Waals surface area contributed by atoms with Crippen molar-refractivity contribution in [2.45, 2.75) is 38.9 Å². The molecule has 1 amide bonds. The highest BCUT2D eigenvalue weighted by molar-refractivity contribution is 5.80. The first-order chi connectivity index (χ1) is 10.5. The maximum atomic E-state index is 13.1. The van der Waals surface area contributed by atoms with Gasteiger partial charge in [-0.1, -0.05) is 0 Å². The third kappa shape index (κ3) is 4.66. The van der Waals surface area contributed by atoms with Gasteiger partial charge in [-0.05, 0) is 44.7 Å². The van der Waals surface area contributed by atoms with Crippen molar-refractivity contribution in [2.24, 2.45) is 5.92 Å². The minimum Gasteiger partial charge on any atom is -0.481 e. The molecule has 1 aliphatic rings. The molecule has 1 N–H and O–H groups in total. The molecule has 0 spiro atoms. The molecular weight excluding hydrogens is 292 g/mol. The molecule has 1 aromatic carbocycles. The van der Waals surface area contributed by atoms with Crippen LogP contribution in [-0.2, 0) is 9.53 Å². The van der Waals surface area contributed by atoms with E-state index in [0.29, 0.717) is 19.1 Å². The third-order valence-electron chi connectivity index (χ3n) is 3.73. The van der Waals surface area contributed by atoms with Crippen LogP contribution in [0.5, 0.6) is 5.75 Å². The van der Waals surface area contributed by atoms with Gasteiger partial charge in [0.05, 0.1) is 6.10 Å². The summed E-state index contributed by atoms with van der Waals surface area (Å²) in [6.45, 7) is 4.87. The normalized spacial score (nSPS) is 22.9. The average molecular weight is 313 g/mol. The van der Waals surface area contributed by atoms with Gasteiger partial charge in [0.2, 0.25) is 0 Å². The first-order valence-electron chi connectivity index (χ1n) is 7.46. The summed E-state index contributed by atoms with van der Waals surface area (Å²) in [6, 6.07) is 3.19. The van der Waals surface area contributed by atoms with Gasteiger partial charge in [0, 0.05) is 19.2 Å². The van der Waals surface area contributed by atoms with E-state index in [0.717, 1.165) is 25.0 Å². The third-order valence-corrected chi connectivity index (χ3v) is 3.73. The fraction of sp³-hybridized carbons (Fsp3) is 0.562. The molecule has 0 aliphatic carbocycles. The molecule has 122 valence electrons. The molecule has 0 unspecified atom stereocenters. The van der Waals surface area contributed by atoms with Gasteiger partial charge in [0.1, 0.15) is 5.75 Å². The molecule has 1 aliphatic heterocycles. The second-order valence-corrected chi connectivity index (χ2v) is 5.65. The summed E-state index contributed by atoms with van der Waals surface area (Å²) in [5.41, 5.74) is 0. The summed E-state index contributed by atoms with van der Waals surface area (Å²) in [7, 11) is 0. The van der Waals surface area contributed by atoms with Crippen LogP contribution in [0.2, 0.25) is 0 Å². The molecule has 22 heavy (non-hydrogen) atoms. The summed E-state index contributed by atoms with van der Waals surface area (Å²) in [5.74, 6) is -1.70. The second-order valence-electron chi connectivity index (χ2n) is 5.65. The van der Waals surface area contributed by atoms with E-state index in [9.17, 15) is 13.6 Å². The van der Waals surface area contributed by atoms with Gasteiger partial charge in [0.15, 0.2) is 17.7 Å². The Balaban J connectivity index is 1.80. The topological polar surface area (TPSA) is 47.6 Å². The lowest BCUT2D eigenvalue weighted by Crippen LogP contribution is -2.40. The number of benzene rings is 1. The number of carbonyl (C=O) groups is 1. The molecular formula is C16H21F2NO3. The van der Waals surface area contributed by atoms with Gasteiger partial charge in [-0.25, -0.2) is 8.78 Å². The molecule has 0 radical (unpaired) electrons. The maximum absolute atomic E-state index is 13.1. The molecule has 0 aromatic heterocycles. The zero-order valence-electron chi connectivity index (χ0n) is 12.8. The van der Waals surface area contributed by atoms with E-state index in [-0.39, 0.29) is 17.8 Å². The number of rotatable bonds is 5. The maximum Gasteiger partial charge on any atom is 0.260 e. The number of amides is 1. The van der Waals surface area contributed by atoms with Crippen molar-refractivity contribution in [1.82, 2.24) is 5.32 Å². The SMILES string of the molecule is C[C@@H]1C[C@@H](CNC(=O)[C@@H](C)Oc2ccc(F)c(F)c2)CCO1. The number of halogens is 2. The van der Waals surface area contributed by atoms with Crippen molar-refractivity contribution < 1.29 is 23.0 Å². The van der Waals surface area contributed by atoms with Gasteiger partial charge in [0.25, 0.3) is 5.91 Å². The molecule has 0 bridgehead atoms. The van der Waals surface area contributed by atoms with Crippen molar-refractivity contribution >= 4 is 5.91 Å². The predicted octanol–water partition coefficient (Wildman–Crippen LogP) is 2.66. The fourth-order valence-corrected chi connectivity index (χ4v) is 2.47. The number of carbonyl (C=O) groups excluding carboxylic acids is 1. The fourth-order valence-electron chi connectivity index (χ4n) is 2.47. The predicted molar refractivity (Wildman–Crippen MR) is 77.6 cm³/mol. The average Bonchev–Trinajstić information content (AvgIpc) is 2.48. The molecule has 3 atom stereocenters. The molecule has 0 saturated carbocycles. The van der Waals surface area contributed by atoms with Crippen LogP contribution in [0.1, 0.15) is 26.7 Å². The van der Waals surface area contributed by atoms with E-state index in [1.165, 1.54) is 6.07 Å². The number of hydrogen-bond donors (Lipinski definition) is 1. The van der Waals surface area contributed by atoms with Crippen LogP contribution >= 0.6 is 0 Å². The monoisotopic (exact) mass is 313 g/mol. The lowest BCUT2D eigenvalue weighted by atomic mass is 9.96. The minimum atomic E-state index is -0.999. The highest BCUT2D eigenvalue weighted by Crippen LogP contribution is 2.19. The molecule has 1 saturated heterocycles. The minimum absolute atomic E-state index is 0.126. The lowest BCUT2D eigenvalue weighted by Gasteiger charge is -2.27. The number of hydrogen-bond acceptors (Lipinski definition) is 3. The van der Waals surface area contributed by atoms with E-state index >= 15 is 0 Å². The van der Waals surface area contributed by atoms with E-state index in [1.807, 2.05) is 6.92 Å². The Labute approximate surface area is 128 Å². The van der Waals surface area contributed by atoms with Gasteiger partial charge in [-0.2, -0.15) is 0 Å². The van der Waals surface area contributed by atoms with E-state index in [2.05, 4.69) is 5.32 Å². The lowest BCUT2D eigenvalue weighted by molar-refractivity contribution is -0.127. The van der Waals surface area contributed by atoms with Crippen molar-refractivity contribution in [3.63, 3.8) is 0 Å². The summed E-state index contributed by atoms with van der Waals surface area (Å²) in [6.07, 6.45) is 1.27. The Morgan fingerprint density at radius 1 is 1.45 bits per heavy atom. The Kier molecular flexibility index (Phi) is 5.71. The van der Waals surface area contributed by atoms with Crippen molar-refractivity contribution in [3.8, 4) is 5.75 Å². The molecule has 6 heteroatoms. The first-order valence-corrected chi connectivity index (χ1v) is 7.46. The second kappa shape index (κ2) is 7.54. The molecule has 1 aromatic rings. The summed E-state index contributed by atoms with van der Waals surface area (Å²) < 4.78 is 36.7. The largest absolute Gasteiger partial charge is 0.481 e. The smallest absolute Gasteiger partial charge is 0.260 e. The molecule has 1 heterocycles. The Bertz CT molecular complexity index is 524. The molecule has 4 nitrogen and oxygen atoms in total. The van der Waals surface area contributed by atoms with Crippen LogP contribution < -0.4 is 10.1 Å². The van der Waals surface area contributed by atoms with Gasteiger partial charge in [-0.15, -0.1) is 0 Å². The Morgan fingerprint density at radius 3 is 2.91 bits per heavy atom. The van der Waals surface area contributed by atoms with E-state index in [1.54, 1.807) is 6.92 Å². The molecule has 1 fully saturated rings. The van der Waals surface area contributed by atoms with Gasteiger partial charge in [-0.3, -0.25) is 4.79 Å². The Morgan fingerprint density at radius 2 is 2.23 bits per heavy atom. The molecule has 2 rings (SSSR count). The van der Waals surface area contributed by atoms with Crippen LogP contribution in [0.15, 0.2) is 18.2 Å². The number of ether oxygens (including phenoxy) is 2. The summed E-state index contributed by atoms with van der Waals surface area (Å²) in [4.78, 5) is 12.0. The Hall–Kier alpha value is -1.69. The van der Waals surface area contributed by atoms with Gasteiger partial charge >= 0.3 is 0 Å². The van der Waals surface area contributed by atoms with Crippen LogP contribution in [0.4, 0.5) is 8.78 Å². The summed E-state index contributed by atoms with van der Waals surface area (Å²) >= 11 is 0. The first kappa shape index (κ1) is 16.7. The van der Waals surface area contributed by atoms with Gasteiger partial charge < -0.3 is 14.8 Å².